The molecule has 0 saturated carbocycles. The Hall–Kier alpha value is -2.42. The highest BCUT2D eigenvalue weighted by Crippen LogP contribution is 2.39. The minimum absolute atomic E-state index is 0.224. The predicted octanol–water partition coefficient (Wildman–Crippen LogP) is 0.738. The molecule has 0 aliphatic heterocycles. The molecule has 1 N–H and O–H groups in total. The number of aromatic amines is 1. The van der Waals surface area contributed by atoms with E-state index in [1.54, 1.807) is 6.92 Å². The lowest BCUT2D eigenvalue weighted by Crippen LogP contribution is -2.43. The number of hydrogen-bond acceptors (Lipinski definition) is 7. The van der Waals surface area contributed by atoms with Crippen LogP contribution in [0.25, 0.3) is 0 Å². The molecule has 0 radical (unpaired) electrons. The third kappa shape index (κ3) is 3.37. The lowest BCUT2D eigenvalue weighted by Gasteiger charge is -2.07. The van der Waals surface area contributed by atoms with Crippen LogP contribution in [0.5, 0.6) is 0 Å². The second-order valence-electron chi connectivity index (χ2n) is 5.77. The molecule has 0 aromatic carbocycles. The third-order valence-electron chi connectivity index (χ3n) is 4.09. The minimum atomic E-state index is -0.799. The summed E-state index contributed by atoms with van der Waals surface area (Å²) >= 11 is 1.33. The molecule has 0 amide bonds. The molecule has 0 bridgehead atoms. The van der Waals surface area contributed by atoms with E-state index in [1.807, 2.05) is 0 Å². The van der Waals surface area contributed by atoms with E-state index in [9.17, 15) is 14.7 Å². The molecule has 134 valence electrons. The molecule has 0 saturated heterocycles. The fraction of sp³-hybridized carbons (Fsp3) is 0.500. The summed E-state index contributed by atoms with van der Waals surface area (Å²) in [4.78, 5) is 29.2. The van der Waals surface area contributed by atoms with E-state index in [1.165, 1.54) is 18.4 Å². The summed E-state index contributed by atoms with van der Waals surface area (Å²) in [5, 5.41) is 15.0. The Morgan fingerprint density at radius 2 is 2.16 bits per heavy atom. The first-order chi connectivity index (χ1) is 12.0. The van der Waals surface area contributed by atoms with Gasteiger partial charge in [0.15, 0.2) is 7.05 Å². The molecule has 2 heterocycles. The molecular formula is C16H19N3O5S. The number of nitrogens with zero attached hydrogens (tertiary/aromatic N) is 2. The maximum absolute atomic E-state index is 12.4. The van der Waals surface area contributed by atoms with Gasteiger partial charge >= 0.3 is 17.3 Å². The molecule has 0 atom stereocenters. The number of esters is 1. The van der Waals surface area contributed by atoms with Crippen LogP contribution in [0.2, 0.25) is 0 Å². The van der Waals surface area contributed by atoms with Crippen LogP contribution in [0.1, 0.15) is 52.7 Å². The Balaban J connectivity index is 2.10. The van der Waals surface area contributed by atoms with Gasteiger partial charge in [0.1, 0.15) is 5.00 Å². The monoisotopic (exact) mass is 365 g/mol. The van der Waals surface area contributed by atoms with E-state index in [-0.39, 0.29) is 12.3 Å². The molecule has 3 rings (SSSR count). The second-order valence-corrected chi connectivity index (χ2v) is 6.85. The van der Waals surface area contributed by atoms with Crippen molar-refractivity contribution in [2.45, 2.75) is 39.0 Å². The molecule has 2 aromatic heterocycles. The SMILES string of the molecule is CCOC(=O)c1c(/N=C(\[O-])c2c(=O)o[nH][n+]2C)sc2c1CCCCC2. The number of aryl methyl sites for hydroxylation is 2. The van der Waals surface area contributed by atoms with Crippen LogP contribution in [0.4, 0.5) is 5.00 Å². The van der Waals surface area contributed by atoms with Gasteiger partial charge in [-0.2, -0.15) is 0 Å². The van der Waals surface area contributed by atoms with Gasteiger partial charge in [0.2, 0.25) is 0 Å². The largest absolute Gasteiger partial charge is 0.854 e. The number of aliphatic imine (C=N–C) groups is 1. The van der Waals surface area contributed by atoms with Crippen molar-refractivity contribution in [3.8, 4) is 0 Å². The smallest absolute Gasteiger partial charge is 0.435 e. The van der Waals surface area contributed by atoms with Crippen molar-refractivity contribution in [3.05, 3.63) is 32.1 Å². The molecule has 2 aromatic rings. The molecule has 0 fully saturated rings. The lowest BCUT2D eigenvalue weighted by molar-refractivity contribution is -0.742. The summed E-state index contributed by atoms with van der Waals surface area (Å²) in [5.74, 6) is -1.22. The highest BCUT2D eigenvalue weighted by atomic mass is 32.1. The Bertz CT molecular complexity index is 877. The van der Waals surface area contributed by atoms with Crippen molar-refractivity contribution in [3.63, 3.8) is 0 Å². The fourth-order valence-corrected chi connectivity index (χ4v) is 4.18. The van der Waals surface area contributed by atoms with Gasteiger partial charge in [0.25, 0.3) is 0 Å². The van der Waals surface area contributed by atoms with Crippen LogP contribution in [-0.4, -0.2) is 23.7 Å². The summed E-state index contributed by atoms with van der Waals surface area (Å²) < 4.78 is 10.9. The van der Waals surface area contributed by atoms with E-state index >= 15 is 0 Å². The van der Waals surface area contributed by atoms with Crippen LogP contribution in [0.15, 0.2) is 14.3 Å². The normalized spacial score (nSPS) is 14.9. The minimum Gasteiger partial charge on any atom is -0.854 e. The standard InChI is InChI=1S/C16H19N3O5S/c1-3-23-15(21)11-9-7-5-4-6-8-10(9)25-14(11)17-13(20)12-16(22)24-18-19(12)2/h3-8H2,1-2H3,(H-,17,18,20,21,22). The molecule has 0 spiro atoms. The number of carbonyl (C=O) groups excluding carboxylic acids is 1. The zero-order valence-electron chi connectivity index (χ0n) is 14.1. The van der Waals surface area contributed by atoms with Gasteiger partial charge in [-0.05, 0) is 43.4 Å². The first kappa shape index (κ1) is 17.4. The Labute approximate surface area is 147 Å². The third-order valence-corrected chi connectivity index (χ3v) is 5.28. The highest BCUT2D eigenvalue weighted by Gasteiger charge is 2.26. The quantitative estimate of drug-likeness (QED) is 0.282. The Morgan fingerprint density at radius 1 is 1.40 bits per heavy atom. The van der Waals surface area contributed by atoms with E-state index in [4.69, 9.17) is 4.74 Å². The predicted molar refractivity (Wildman–Crippen MR) is 88.2 cm³/mol. The number of aromatic nitrogens is 2. The van der Waals surface area contributed by atoms with Crippen LogP contribution in [0, 0.1) is 0 Å². The topological polar surface area (TPSA) is 112 Å². The second kappa shape index (κ2) is 7.22. The molecule has 1 aliphatic carbocycles. The number of nitrogens with one attached hydrogen (secondary N) is 1. The van der Waals surface area contributed by atoms with Crippen molar-refractivity contribution in [2.75, 3.05) is 6.61 Å². The molecule has 1 aliphatic rings. The van der Waals surface area contributed by atoms with Crippen molar-refractivity contribution < 1.29 is 23.8 Å². The van der Waals surface area contributed by atoms with Crippen molar-refractivity contribution in [2.24, 2.45) is 12.0 Å². The average Bonchev–Trinajstić information content (AvgIpc) is 2.98. The molecule has 8 nitrogen and oxygen atoms in total. The number of H-pyrrole nitrogens is 1. The van der Waals surface area contributed by atoms with E-state index in [0.29, 0.717) is 10.6 Å². The first-order valence-electron chi connectivity index (χ1n) is 8.18. The first-order valence-corrected chi connectivity index (χ1v) is 8.99. The van der Waals surface area contributed by atoms with Gasteiger partial charge in [0, 0.05) is 4.88 Å². The van der Waals surface area contributed by atoms with Gasteiger partial charge in [-0.3, -0.25) is 4.52 Å². The van der Waals surface area contributed by atoms with E-state index in [0.717, 1.165) is 47.2 Å². The molecule has 9 heteroatoms. The van der Waals surface area contributed by atoms with Crippen LogP contribution < -0.4 is 15.4 Å². The molecule has 25 heavy (non-hydrogen) atoms. The summed E-state index contributed by atoms with van der Waals surface area (Å²) in [6.45, 7) is 1.98. The maximum Gasteiger partial charge on any atom is 0.435 e. The van der Waals surface area contributed by atoms with Gasteiger partial charge in [0.05, 0.1) is 18.1 Å². The average molecular weight is 365 g/mol. The highest BCUT2D eigenvalue weighted by molar-refractivity contribution is 7.16. The number of rotatable bonds is 4. The number of hydrogen-bond donors (Lipinski definition) is 1. The summed E-state index contributed by atoms with van der Waals surface area (Å²) in [7, 11) is 1.48. The fourth-order valence-electron chi connectivity index (χ4n) is 2.94. The van der Waals surface area contributed by atoms with Crippen molar-refractivity contribution in [1.82, 2.24) is 5.27 Å². The zero-order valence-corrected chi connectivity index (χ0v) is 14.9. The van der Waals surface area contributed by atoms with E-state index in [2.05, 4.69) is 14.8 Å². The molecule has 0 unspecified atom stereocenters. The molecular weight excluding hydrogens is 346 g/mol. The van der Waals surface area contributed by atoms with Crippen LogP contribution in [0.3, 0.4) is 0 Å². The number of fused-ring (bicyclic) bond motifs is 1. The number of ether oxygens (including phenoxy) is 1. The van der Waals surface area contributed by atoms with Gasteiger partial charge in [-0.15, -0.1) is 11.3 Å². The lowest BCUT2D eigenvalue weighted by atomic mass is 10.1. The summed E-state index contributed by atoms with van der Waals surface area (Å²) in [6, 6.07) is 0. The Morgan fingerprint density at radius 3 is 2.84 bits per heavy atom. The van der Waals surface area contributed by atoms with Gasteiger partial charge in [-0.25, -0.2) is 14.6 Å². The summed E-state index contributed by atoms with van der Waals surface area (Å²) in [6.07, 6.45) is 4.76. The van der Waals surface area contributed by atoms with Crippen LogP contribution in [-0.2, 0) is 24.6 Å². The van der Waals surface area contributed by atoms with E-state index < -0.39 is 17.5 Å². The van der Waals surface area contributed by atoms with Crippen LogP contribution >= 0.6 is 11.3 Å². The maximum atomic E-state index is 12.4. The summed E-state index contributed by atoms with van der Waals surface area (Å²) in [5.41, 5.74) is 0.267. The van der Waals surface area contributed by atoms with Crippen molar-refractivity contribution >= 4 is 28.2 Å². The van der Waals surface area contributed by atoms with Crippen molar-refractivity contribution in [1.29, 1.82) is 0 Å². The van der Waals surface area contributed by atoms with Gasteiger partial charge in [-0.1, -0.05) is 11.1 Å². The van der Waals surface area contributed by atoms with Gasteiger partial charge < -0.3 is 9.84 Å². The number of thiophene rings is 1. The number of carbonyl (C=O) groups is 1. The Kier molecular flexibility index (Phi) is 5.03. The zero-order chi connectivity index (χ0) is 18.0.